The summed E-state index contributed by atoms with van der Waals surface area (Å²) in [5.74, 6) is 1.87. The Labute approximate surface area is 115 Å². The van der Waals surface area contributed by atoms with Crippen LogP contribution in [0.5, 0.6) is 5.75 Å². The molecule has 0 unspecified atom stereocenters. The number of nitrogens with two attached hydrogens (primary N) is 1. The van der Waals surface area contributed by atoms with Crippen LogP contribution in [-0.4, -0.2) is 12.3 Å². The van der Waals surface area contributed by atoms with Gasteiger partial charge in [0.25, 0.3) is 0 Å². The number of furan rings is 1. The van der Waals surface area contributed by atoms with Crippen LogP contribution in [0.4, 0.5) is 5.88 Å². The monoisotopic (exact) mass is 270 g/mol. The maximum Gasteiger partial charge on any atom is 0.230 e. The molecule has 0 fully saturated rings. The predicted molar refractivity (Wildman–Crippen MR) is 75.3 cm³/mol. The molecule has 0 aliphatic rings. The lowest BCUT2D eigenvalue weighted by Gasteiger charge is -2.03. The SMILES string of the molecule is COc1ccc(-c2c(-c3coc(C)c3)noc2N)cc1. The first kappa shape index (κ1) is 12.3. The van der Waals surface area contributed by atoms with Gasteiger partial charge in [0.05, 0.1) is 12.7 Å². The number of benzene rings is 1. The fraction of sp³-hybridized carbons (Fsp3) is 0.133. The van der Waals surface area contributed by atoms with Crippen molar-refractivity contribution in [2.45, 2.75) is 6.92 Å². The van der Waals surface area contributed by atoms with Crippen molar-refractivity contribution in [1.82, 2.24) is 5.16 Å². The normalized spacial score (nSPS) is 10.7. The van der Waals surface area contributed by atoms with Crippen molar-refractivity contribution < 1.29 is 13.7 Å². The number of aryl methyl sites for hydroxylation is 1. The van der Waals surface area contributed by atoms with Crippen molar-refractivity contribution in [3.05, 3.63) is 42.4 Å². The van der Waals surface area contributed by atoms with Crippen molar-refractivity contribution in [1.29, 1.82) is 0 Å². The van der Waals surface area contributed by atoms with Gasteiger partial charge in [-0.15, -0.1) is 0 Å². The summed E-state index contributed by atoms with van der Waals surface area (Å²) in [4.78, 5) is 0. The molecule has 2 N–H and O–H groups in total. The van der Waals surface area contributed by atoms with Gasteiger partial charge in [-0.25, -0.2) is 0 Å². The predicted octanol–water partition coefficient (Wildman–Crippen LogP) is 3.50. The molecule has 3 aromatic rings. The Morgan fingerprint density at radius 2 is 1.90 bits per heavy atom. The molecule has 2 aromatic heterocycles. The molecule has 102 valence electrons. The number of anilines is 1. The Kier molecular flexibility index (Phi) is 2.95. The Hall–Kier alpha value is -2.69. The van der Waals surface area contributed by atoms with Crippen LogP contribution in [0.2, 0.25) is 0 Å². The molecule has 5 heteroatoms. The lowest BCUT2D eigenvalue weighted by atomic mass is 10.0. The number of nitrogens with zero attached hydrogens (tertiary/aromatic N) is 1. The molecule has 20 heavy (non-hydrogen) atoms. The number of nitrogen functional groups attached to an aromatic ring is 1. The maximum absolute atomic E-state index is 5.90. The topological polar surface area (TPSA) is 74.4 Å². The van der Waals surface area contributed by atoms with Gasteiger partial charge in [0.15, 0.2) is 0 Å². The molecular formula is C15H14N2O3. The second-order valence-corrected chi connectivity index (χ2v) is 4.44. The zero-order valence-corrected chi connectivity index (χ0v) is 11.2. The number of hydrogen-bond acceptors (Lipinski definition) is 5. The van der Waals surface area contributed by atoms with E-state index < -0.39 is 0 Å². The number of ether oxygens (including phenoxy) is 1. The van der Waals surface area contributed by atoms with Crippen LogP contribution in [0.15, 0.2) is 45.5 Å². The summed E-state index contributed by atoms with van der Waals surface area (Å²) < 4.78 is 15.6. The van der Waals surface area contributed by atoms with Gasteiger partial charge in [-0.1, -0.05) is 17.3 Å². The number of hydrogen-bond donors (Lipinski definition) is 1. The highest BCUT2D eigenvalue weighted by Crippen LogP contribution is 2.37. The smallest absolute Gasteiger partial charge is 0.230 e. The quantitative estimate of drug-likeness (QED) is 0.788. The zero-order chi connectivity index (χ0) is 14.1. The van der Waals surface area contributed by atoms with Crippen LogP contribution in [0.1, 0.15) is 5.76 Å². The average molecular weight is 270 g/mol. The van der Waals surface area contributed by atoms with Crippen LogP contribution in [-0.2, 0) is 0 Å². The third-order valence-corrected chi connectivity index (χ3v) is 3.10. The van der Waals surface area contributed by atoms with E-state index in [2.05, 4.69) is 5.16 Å². The first-order valence-corrected chi connectivity index (χ1v) is 6.14. The van der Waals surface area contributed by atoms with E-state index >= 15 is 0 Å². The van der Waals surface area contributed by atoms with Gasteiger partial charge in [-0.05, 0) is 30.7 Å². The van der Waals surface area contributed by atoms with Gasteiger partial charge in [-0.3, -0.25) is 0 Å². The minimum Gasteiger partial charge on any atom is -0.497 e. The number of methoxy groups -OCH3 is 1. The van der Waals surface area contributed by atoms with Crippen molar-refractivity contribution in [2.75, 3.05) is 12.8 Å². The van der Waals surface area contributed by atoms with E-state index in [9.17, 15) is 0 Å². The third kappa shape index (κ3) is 2.03. The third-order valence-electron chi connectivity index (χ3n) is 3.10. The minimum atomic E-state index is 0.281. The highest BCUT2D eigenvalue weighted by atomic mass is 16.5. The molecule has 0 aliphatic heterocycles. The van der Waals surface area contributed by atoms with E-state index in [0.717, 1.165) is 28.2 Å². The van der Waals surface area contributed by atoms with Crippen molar-refractivity contribution in [3.63, 3.8) is 0 Å². The lowest BCUT2D eigenvalue weighted by Crippen LogP contribution is -1.88. The standard InChI is InChI=1S/C15H14N2O3/c1-9-7-11(8-19-9)14-13(15(16)20-17-14)10-3-5-12(18-2)6-4-10/h3-8H,16H2,1-2H3. The molecule has 0 aliphatic carbocycles. The molecular weight excluding hydrogens is 256 g/mol. The van der Waals surface area contributed by atoms with Crippen LogP contribution in [0.25, 0.3) is 22.4 Å². The Bertz CT molecular complexity index is 726. The van der Waals surface area contributed by atoms with Crippen LogP contribution < -0.4 is 10.5 Å². The van der Waals surface area contributed by atoms with Crippen molar-refractivity contribution >= 4 is 5.88 Å². The molecule has 0 atom stereocenters. The first-order valence-electron chi connectivity index (χ1n) is 6.14. The molecule has 1 aromatic carbocycles. The molecule has 0 amide bonds. The second-order valence-electron chi connectivity index (χ2n) is 4.44. The van der Waals surface area contributed by atoms with E-state index in [1.807, 2.05) is 37.3 Å². The summed E-state index contributed by atoms with van der Waals surface area (Å²) >= 11 is 0. The molecule has 0 bridgehead atoms. The Morgan fingerprint density at radius 1 is 1.15 bits per heavy atom. The largest absolute Gasteiger partial charge is 0.497 e. The maximum atomic E-state index is 5.90. The summed E-state index contributed by atoms with van der Waals surface area (Å²) in [5, 5.41) is 4.03. The molecule has 3 rings (SSSR count). The molecule has 2 heterocycles. The van der Waals surface area contributed by atoms with E-state index in [1.54, 1.807) is 13.4 Å². The fourth-order valence-corrected chi connectivity index (χ4v) is 2.10. The fourth-order valence-electron chi connectivity index (χ4n) is 2.10. The summed E-state index contributed by atoms with van der Waals surface area (Å²) in [6, 6.07) is 9.46. The summed E-state index contributed by atoms with van der Waals surface area (Å²) in [6.45, 7) is 1.87. The van der Waals surface area contributed by atoms with Gasteiger partial charge in [0.1, 0.15) is 23.5 Å². The minimum absolute atomic E-state index is 0.281. The van der Waals surface area contributed by atoms with Gasteiger partial charge < -0.3 is 19.4 Å². The van der Waals surface area contributed by atoms with Crippen molar-refractivity contribution in [2.24, 2.45) is 0 Å². The number of aromatic nitrogens is 1. The van der Waals surface area contributed by atoms with Crippen LogP contribution in [0, 0.1) is 6.92 Å². The van der Waals surface area contributed by atoms with Gasteiger partial charge >= 0.3 is 0 Å². The van der Waals surface area contributed by atoms with E-state index in [1.165, 1.54) is 0 Å². The highest BCUT2D eigenvalue weighted by Gasteiger charge is 2.18. The van der Waals surface area contributed by atoms with E-state index in [4.69, 9.17) is 19.4 Å². The summed E-state index contributed by atoms with van der Waals surface area (Å²) in [5.41, 5.74) is 9.08. The Balaban J connectivity index is 2.10. The van der Waals surface area contributed by atoms with Gasteiger partial charge in [0.2, 0.25) is 5.88 Å². The van der Waals surface area contributed by atoms with Crippen LogP contribution in [0.3, 0.4) is 0 Å². The van der Waals surface area contributed by atoms with Gasteiger partial charge in [-0.2, -0.15) is 0 Å². The lowest BCUT2D eigenvalue weighted by molar-refractivity contribution is 0.415. The zero-order valence-electron chi connectivity index (χ0n) is 11.2. The summed E-state index contributed by atoms with van der Waals surface area (Å²) in [6.07, 6.45) is 1.64. The average Bonchev–Trinajstić information content (AvgIpc) is 3.05. The van der Waals surface area contributed by atoms with E-state index in [0.29, 0.717) is 5.69 Å². The molecule has 5 nitrogen and oxygen atoms in total. The molecule has 0 saturated heterocycles. The first-order chi connectivity index (χ1) is 9.69. The molecule has 0 radical (unpaired) electrons. The molecule has 0 saturated carbocycles. The highest BCUT2D eigenvalue weighted by molar-refractivity contribution is 5.86. The Morgan fingerprint density at radius 3 is 2.50 bits per heavy atom. The van der Waals surface area contributed by atoms with Crippen LogP contribution >= 0.6 is 0 Å². The van der Waals surface area contributed by atoms with E-state index in [-0.39, 0.29) is 5.88 Å². The van der Waals surface area contributed by atoms with Gasteiger partial charge in [0, 0.05) is 5.56 Å². The second kappa shape index (κ2) is 4.77. The van der Waals surface area contributed by atoms with Crippen molar-refractivity contribution in [3.8, 4) is 28.1 Å². The molecule has 0 spiro atoms. The number of rotatable bonds is 3. The summed E-state index contributed by atoms with van der Waals surface area (Å²) in [7, 11) is 1.63.